The van der Waals surface area contributed by atoms with E-state index in [0.29, 0.717) is 5.92 Å². The second kappa shape index (κ2) is 5.49. The summed E-state index contributed by atoms with van der Waals surface area (Å²) >= 11 is 0. The van der Waals surface area contributed by atoms with Crippen molar-refractivity contribution in [3.05, 3.63) is 35.9 Å². The van der Waals surface area contributed by atoms with E-state index in [2.05, 4.69) is 6.92 Å². The maximum absolute atomic E-state index is 10.3. The van der Waals surface area contributed by atoms with Crippen molar-refractivity contribution in [2.45, 2.75) is 45.1 Å². The predicted octanol–water partition coefficient (Wildman–Crippen LogP) is 3.94. The molecule has 1 fully saturated rings. The molecule has 0 radical (unpaired) electrons. The Hall–Kier alpha value is -0.820. The Morgan fingerprint density at radius 1 is 1.12 bits per heavy atom. The molecule has 2 rings (SSSR count). The molecule has 1 atom stereocenters. The van der Waals surface area contributed by atoms with Crippen LogP contribution in [-0.2, 0) is 0 Å². The van der Waals surface area contributed by atoms with Gasteiger partial charge in [-0.2, -0.15) is 0 Å². The Labute approximate surface area is 98.5 Å². The van der Waals surface area contributed by atoms with Crippen LogP contribution in [0.4, 0.5) is 0 Å². The Bertz CT molecular complexity index is 298. The molecule has 1 nitrogen and oxygen atoms in total. The molecular formula is C15H22O. The molecule has 1 heteroatoms. The lowest BCUT2D eigenvalue weighted by Gasteiger charge is -2.31. The summed E-state index contributed by atoms with van der Waals surface area (Å²) in [4.78, 5) is 0. The molecule has 1 unspecified atom stereocenters. The van der Waals surface area contributed by atoms with Gasteiger partial charge in [-0.3, -0.25) is 0 Å². The minimum absolute atomic E-state index is 0.251. The summed E-state index contributed by atoms with van der Waals surface area (Å²) in [5.74, 6) is 1.38. The molecule has 0 bridgehead atoms. The molecule has 0 saturated heterocycles. The number of hydrogen-bond acceptors (Lipinski definition) is 1. The fraction of sp³-hybridized carbons (Fsp3) is 0.600. The average molecular weight is 218 g/mol. The first-order valence-electron chi connectivity index (χ1n) is 6.54. The zero-order chi connectivity index (χ0) is 11.4. The first-order valence-corrected chi connectivity index (χ1v) is 6.54. The monoisotopic (exact) mass is 218 g/mol. The van der Waals surface area contributed by atoms with Gasteiger partial charge in [-0.1, -0.05) is 56.5 Å². The van der Waals surface area contributed by atoms with Gasteiger partial charge in [-0.15, -0.1) is 0 Å². The Balaban J connectivity index is 1.94. The maximum atomic E-state index is 10.3. The highest BCUT2D eigenvalue weighted by atomic mass is 16.3. The number of hydrogen-bond donors (Lipinski definition) is 1. The van der Waals surface area contributed by atoms with Crippen LogP contribution in [0.2, 0.25) is 0 Å². The van der Waals surface area contributed by atoms with E-state index >= 15 is 0 Å². The second-order valence-corrected chi connectivity index (χ2v) is 5.04. The number of aliphatic hydroxyl groups excluding tert-OH is 1. The molecule has 1 N–H and O–H groups in total. The normalized spacial score (nSPS) is 27.6. The third-order valence-electron chi connectivity index (χ3n) is 4.06. The minimum atomic E-state index is -0.251. The van der Waals surface area contributed by atoms with Crippen LogP contribution in [-0.4, -0.2) is 5.11 Å². The van der Waals surface area contributed by atoms with Crippen molar-refractivity contribution in [2.24, 2.45) is 11.8 Å². The smallest absolute Gasteiger partial charge is 0.0818 e. The van der Waals surface area contributed by atoms with Crippen molar-refractivity contribution in [3.8, 4) is 0 Å². The summed E-state index contributed by atoms with van der Waals surface area (Å²) < 4.78 is 0. The van der Waals surface area contributed by atoms with Gasteiger partial charge in [0.25, 0.3) is 0 Å². The van der Waals surface area contributed by atoms with Crippen molar-refractivity contribution >= 4 is 0 Å². The summed E-state index contributed by atoms with van der Waals surface area (Å²) in [5, 5.41) is 10.3. The molecule has 1 aliphatic rings. The van der Waals surface area contributed by atoms with Crippen LogP contribution in [0, 0.1) is 11.8 Å². The number of rotatable bonds is 3. The van der Waals surface area contributed by atoms with Gasteiger partial charge in [0.2, 0.25) is 0 Å². The molecular weight excluding hydrogens is 196 g/mol. The lowest BCUT2D eigenvalue weighted by Crippen LogP contribution is -2.20. The summed E-state index contributed by atoms with van der Waals surface area (Å²) in [5.41, 5.74) is 1.09. The van der Waals surface area contributed by atoms with Gasteiger partial charge in [0, 0.05) is 0 Å². The van der Waals surface area contributed by atoms with Crippen molar-refractivity contribution in [1.29, 1.82) is 0 Å². The molecule has 0 spiro atoms. The lowest BCUT2D eigenvalue weighted by molar-refractivity contribution is 0.0729. The van der Waals surface area contributed by atoms with Crippen molar-refractivity contribution in [2.75, 3.05) is 0 Å². The van der Waals surface area contributed by atoms with E-state index in [1.54, 1.807) is 0 Å². The average Bonchev–Trinajstić information content (AvgIpc) is 2.39. The summed E-state index contributed by atoms with van der Waals surface area (Å²) in [6.07, 6.45) is 6.02. The van der Waals surface area contributed by atoms with Crippen molar-refractivity contribution < 1.29 is 5.11 Å². The Kier molecular flexibility index (Phi) is 4.00. The van der Waals surface area contributed by atoms with Crippen LogP contribution in [0.3, 0.4) is 0 Å². The second-order valence-electron chi connectivity index (χ2n) is 5.04. The zero-order valence-electron chi connectivity index (χ0n) is 10.1. The van der Waals surface area contributed by atoms with Crippen LogP contribution in [0.25, 0.3) is 0 Å². The van der Waals surface area contributed by atoms with Gasteiger partial charge in [-0.25, -0.2) is 0 Å². The van der Waals surface area contributed by atoms with E-state index in [4.69, 9.17) is 0 Å². The first-order chi connectivity index (χ1) is 7.81. The van der Waals surface area contributed by atoms with Gasteiger partial charge in [0.15, 0.2) is 0 Å². The minimum Gasteiger partial charge on any atom is -0.388 e. The summed E-state index contributed by atoms with van der Waals surface area (Å²) in [6, 6.07) is 10.1. The highest BCUT2D eigenvalue weighted by Gasteiger charge is 2.26. The highest BCUT2D eigenvalue weighted by Crippen LogP contribution is 2.37. The van der Waals surface area contributed by atoms with Crippen molar-refractivity contribution in [1.82, 2.24) is 0 Å². The highest BCUT2D eigenvalue weighted by molar-refractivity contribution is 5.18. The largest absolute Gasteiger partial charge is 0.388 e. The first kappa shape index (κ1) is 11.7. The fourth-order valence-corrected chi connectivity index (χ4v) is 2.83. The quantitative estimate of drug-likeness (QED) is 0.814. The van der Waals surface area contributed by atoms with E-state index in [1.807, 2.05) is 30.3 Å². The standard InChI is InChI=1S/C15H22O/c1-2-12-8-10-14(11-9-12)15(16)13-6-4-3-5-7-13/h3-7,12,14-16H,2,8-11H2,1H3. The van der Waals surface area contributed by atoms with Crippen LogP contribution in [0.1, 0.15) is 50.7 Å². The molecule has 1 aromatic rings. The fourth-order valence-electron chi connectivity index (χ4n) is 2.83. The number of aliphatic hydroxyl groups is 1. The Morgan fingerprint density at radius 2 is 1.75 bits per heavy atom. The van der Waals surface area contributed by atoms with Gasteiger partial charge in [0.1, 0.15) is 0 Å². The van der Waals surface area contributed by atoms with Gasteiger partial charge in [-0.05, 0) is 30.2 Å². The predicted molar refractivity (Wildman–Crippen MR) is 67.1 cm³/mol. The van der Waals surface area contributed by atoms with Gasteiger partial charge < -0.3 is 5.11 Å². The molecule has 0 aliphatic heterocycles. The van der Waals surface area contributed by atoms with E-state index in [0.717, 1.165) is 11.5 Å². The molecule has 88 valence electrons. The maximum Gasteiger partial charge on any atom is 0.0818 e. The SMILES string of the molecule is CCC1CCC(C(O)c2ccccc2)CC1. The lowest BCUT2D eigenvalue weighted by atomic mass is 9.77. The van der Waals surface area contributed by atoms with Gasteiger partial charge in [0.05, 0.1) is 6.10 Å². The topological polar surface area (TPSA) is 20.2 Å². The Morgan fingerprint density at radius 3 is 2.31 bits per heavy atom. The van der Waals surface area contributed by atoms with Crippen LogP contribution >= 0.6 is 0 Å². The molecule has 1 saturated carbocycles. The van der Waals surface area contributed by atoms with E-state index in [9.17, 15) is 5.11 Å². The van der Waals surface area contributed by atoms with E-state index < -0.39 is 0 Å². The summed E-state index contributed by atoms with van der Waals surface area (Å²) in [6.45, 7) is 2.28. The molecule has 0 aromatic heterocycles. The van der Waals surface area contributed by atoms with Crippen LogP contribution in [0.5, 0.6) is 0 Å². The molecule has 1 aromatic carbocycles. The van der Waals surface area contributed by atoms with Crippen molar-refractivity contribution in [3.63, 3.8) is 0 Å². The third-order valence-corrected chi connectivity index (χ3v) is 4.06. The molecule has 16 heavy (non-hydrogen) atoms. The van der Waals surface area contributed by atoms with E-state index in [1.165, 1.54) is 32.1 Å². The summed E-state index contributed by atoms with van der Waals surface area (Å²) in [7, 11) is 0. The van der Waals surface area contributed by atoms with Crippen LogP contribution in [0.15, 0.2) is 30.3 Å². The third kappa shape index (κ3) is 2.65. The zero-order valence-corrected chi connectivity index (χ0v) is 10.1. The molecule has 1 aliphatic carbocycles. The van der Waals surface area contributed by atoms with E-state index in [-0.39, 0.29) is 6.10 Å². The van der Waals surface area contributed by atoms with Gasteiger partial charge >= 0.3 is 0 Å². The number of benzene rings is 1. The van der Waals surface area contributed by atoms with Crippen LogP contribution < -0.4 is 0 Å². The molecule has 0 amide bonds. The molecule has 0 heterocycles.